The second-order valence-corrected chi connectivity index (χ2v) is 11.5. The average Bonchev–Trinajstić information content (AvgIpc) is 3.64. The molecule has 1 aromatic carbocycles. The Kier molecular flexibility index (Phi) is 9.78. The number of carbonyl (C=O) groups excluding carboxylic acids is 1. The van der Waals surface area contributed by atoms with Crippen molar-refractivity contribution in [3.05, 3.63) is 74.8 Å². The fourth-order valence-electron chi connectivity index (χ4n) is 4.93. The average molecular weight is 609 g/mol. The van der Waals surface area contributed by atoms with Crippen LogP contribution in [0.25, 0.3) is 22.5 Å². The summed E-state index contributed by atoms with van der Waals surface area (Å²) >= 11 is 8.25. The van der Waals surface area contributed by atoms with Gasteiger partial charge in [-0.05, 0) is 37.1 Å². The number of anilines is 1. The summed E-state index contributed by atoms with van der Waals surface area (Å²) in [6.45, 7) is 5.08. The van der Waals surface area contributed by atoms with Gasteiger partial charge in [-0.15, -0.1) is 11.3 Å². The number of hydrogen-bond donors (Lipinski definition) is 4. The third-order valence-corrected chi connectivity index (χ3v) is 8.49. The van der Waals surface area contributed by atoms with E-state index in [1.165, 1.54) is 11.3 Å². The Morgan fingerprint density at radius 1 is 1.21 bits per heavy atom. The molecule has 1 amide bonds. The van der Waals surface area contributed by atoms with Crippen LogP contribution in [-0.2, 0) is 13.1 Å². The van der Waals surface area contributed by atoms with Crippen LogP contribution < -0.4 is 15.4 Å². The molecular weight excluding hydrogens is 576 g/mol. The minimum Gasteiger partial charge on any atom is -0.481 e. The van der Waals surface area contributed by atoms with E-state index in [2.05, 4.69) is 25.5 Å². The first-order valence-electron chi connectivity index (χ1n) is 13.6. The van der Waals surface area contributed by atoms with Gasteiger partial charge in [0.25, 0.3) is 5.91 Å². The Hall–Kier alpha value is -3.45. The van der Waals surface area contributed by atoms with E-state index in [0.29, 0.717) is 64.7 Å². The zero-order chi connectivity index (χ0) is 29.6. The number of methoxy groups -OCH3 is 1. The normalized spacial score (nSPS) is 15.2. The Labute approximate surface area is 253 Å². The number of pyridine rings is 2. The van der Waals surface area contributed by atoms with Crippen molar-refractivity contribution in [2.24, 2.45) is 0 Å². The van der Waals surface area contributed by atoms with Crippen LogP contribution in [0.15, 0.2) is 48.8 Å². The van der Waals surface area contributed by atoms with Crippen LogP contribution >= 0.6 is 22.9 Å². The first-order valence-corrected chi connectivity index (χ1v) is 14.8. The highest BCUT2D eigenvalue weighted by molar-refractivity contribution is 7.13. The molecule has 42 heavy (non-hydrogen) atoms. The van der Waals surface area contributed by atoms with E-state index in [-0.39, 0.29) is 18.6 Å². The SMILES string of the molecule is COc1nc(-c2ccnc(-c3cccc(NC(=O)c4ncc(CNCCO)s4)c3C)c2Cl)ccc1CN1CCC(O)C1. The van der Waals surface area contributed by atoms with Gasteiger partial charge in [-0.25, -0.2) is 9.97 Å². The summed E-state index contributed by atoms with van der Waals surface area (Å²) in [5.74, 6) is 0.208. The highest BCUT2D eigenvalue weighted by Gasteiger charge is 2.23. The lowest BCUT2D eigenvalue weighted by Crippen LogP contribution is -2.22. The summed E-state index contributed by atoms with van der Waals surface area (Å²) in [7, 11) is 1.60. The summed E-state index contributed by atoms with van der Waals surface area (Å²) < 4.78 is 5.62. The number of aromatic nitrogens is 3. The van der Waals surface area contributed by atoms with Crippen LogP contribution in [0, 0.1) is 6.92 Å². The fourth-order valence-corrected chi connectivity index (χ4v) is 6.02. The molecule has 1 fully saturated rings. The largest absolute Gasteiger partial charge is 0.481 e. The van der Waals surface area contributed by atoms with Crippen molar-refractivity contribution in [2.75, 3.05) is 38.7 Å². The van der Waals surface area contributed by atoms with Crippen molar-refractivity contribution < 1.29 is 19.7 Å². The predicted molar refractivity (Wildman–Crippen MR) is 164 cm³/mol. The van der Waals surface area contributed by atoms with Crippen molar-refractivity contribution in [1.82, 2.24) is 25.2 Å². The third-order valence-electron chi connectivity index (χ3n) is 7.11. The van der Waals surface area contributed by atoms with E-state index in [0.717, 1.165) is 34.5 Å². The first-order chi connectivity index (χ1) is 20.4. The van der Waals surface area contributed by atoms with E-state index in [9.17, 15) is 9.90 Å². The zero-order valence-electron chi connectivity index (χ0n) is 23.4. The van der Waals surface area contributed by atoms with Gasteiger partial charge < -0.3 is 25.6 Å². The van der Waals surface area contributed by atoms with Gasteiger partial charge in [-0.2, -0.15) is 0 Å². The molecule has 0 saturated carbocycles. The number of aliphatic hydroxyl groups is 2. The predicted octanol–water partition coefficient (Wildman–Crippen LogP) is 4.14. The summed E-state index contributed by atoms with van der Waals surface area (Å²) in [5.41, 5.74) is 5.10. The van der Waals surface area contributed by atoms with Gasteiger partial charge >= 0.3 is 0 Å². The number of ether oxygens (including phenoxy) is 1. The van der Waals surface area contributed by atoms with Gasteiger partial charge in [0.1, 0.15) is 0 Å². The Morgan fingerprint density at radius 3 is 2.83 bits per heavy atom. The summed E-state index contributed by atoms with van der Waals surface area (Å²) in [6, 6.07) is 11.3. The molecule has 1 unspecified atom stereocenters. The lowest BCUT2D eigenvalue weighted by atomic mass is 10.0. The second-order valence-electron chi connectivity index (χ2n) is 10.0. The Morgan fingerprint density at radius 2 is 2.07 bits per heavy atom. The lowest BCUT2D eigenvalue weighted by Gasteiger charge is -2.18. The van der Waals surface area contributed by atoms with E-state index in [4.69, 9.17) is 26.4 Å². The van der Waals surface area contributed by atoms with Gasteiger partial charge in [0, 0.05) is 72.4 Å². The van der Waals surface area contributed by atoms with E-state index in [1.54, 1.807) is 19.5 Å². The highest BCUT2D eigenvalue weighted by atomic mass is 35.5. The number of carbonyl (C=O) groups is 1. The maximum absolute atomic E-state index is 13.0. The number of nitrogens with one attached hydrogen (secondary N) is 2. The van der Waals surface area contributed by atoms with E-state index < -0.39 is 0 Å². The van der Waals surface area contributed by atoms with E-state index in [1.807, 2.05) is 43.3 Å². The molecule has 0 radical (unpaired) electrons. The molecular formula is C30H33ClN6O4S. The number of nitrogens with zero attached hydrogens (tertiary/aromatic N) is 4. The number of halogens is 1. The molecule has 12 heteroatoms. The smallest absolute Gasteiger partial charge is 0.284 e. The molecule has 1 aliphatic rings. The quantitative estimate of drug-likeness (QED) is 0.185. The first kappa shape index (κ1) is 30.0. The molecule has 4 heterocycles. The number of likely N-dealkylation sites (tertiary alicyclic amines) is 1. The van der Waals surface area contributed by atoms with Crippen LogP contribution in [0.1, 0.15) is 32.2 Å². The number of thiazole rings is 1. The van der Waals surface area contributed by atoms with Crippen LogP contribution in [0.2, 0.25) is 5.02 Å². The van der Waals surface area contributed by atoms with Crippen molar-refractivity contribution in [3.8, 4) is 28.4 Å². The summed E-state index contributed by atoms with van der Waals surface area (Å²) in [6.07, 6.45) is 3.83. The van der Waals surface area contributed by atoms with Crippen molar-refractivity contribution in [3.63, 3.8) is 0 Å². The van der Waals surface area contributed by atoms with Crippen LogP contribution in [0.5, 0.6) is 5.88 Å². The Balaban J connectivity index is 1.37. The van der Waals surface area contributed by atoms with Crippen molar-refractivity contribution >= 4 is 34.5 Å². The minimum atomic E-state index is -0.304. The number of hydrogen-bond acceptors (Lipinski definition) is 10. The molecule has 4 N–H and O–H groups in total. The van der Waals surface area contributed by atoms with Gasteiger partial charge in [0.2, 0.25) is 5.88 Å². The molecule has 0 aliphatic carbocycles. The molecule has 0 spiro atoms. The van der Waals surface area contributed by atoms with Gasteiger partial charge in [0.15, 0.2) is 5.01 Å². The maximum atomic E-state index is 13.0. The van der Waals surface area contributed by atoms with Gasteiger partial charge in [0.05, 0.1) is 36.2 Å². The molecule has 220 valence electrons. The Bertz CT molecular complexity index is 1560. The standard InChI is InChI=1S/C30H33ClN6O4S/c1-18-22(4-3-5-24(18)35-28(40)30-34-15-21(42-30)14-32-11-13-38)27-26(31)23(8-10-33-27)25-7-6-19(29(36-25)41-2)16-37-12-9-20(39)17-37/h3-8,10,15,20,32,38-39H,9,11-14,16-17H2,1-2H3,(H,35,40). The monoisotopic (exact) mass is 608 g/mol. The third kappa shape index (κ3) is 6.78. The lowest BCUT2D eigenvalue weighted by molar-refractivity contribution is 0.102. The molecule has 5 rings (SSSR count). The molecule has 3 aromatic heterocycles. The van der Waals surface area contributed by atoms with Gasteiger partial charge in [-0.3, -0.25) is 14.7 Å². The summed E-state index contributed by atoms with van der Waals surface area (Å²) in [5, 5.41) is 25.6. The van der Waals surface area contributed by atoms with Crippen LogP contribution in [-0.4, -0.2) is 75.4 Å². The van der Waals surface area contributed by atoms with Crippen molar-refractivity contribution in [1.29, 1.82) is 0 Å². The topological polar surface area (TPSA) is 133 Å². The van der Waals surface area contributed by atoms with Crippen LogP contribution in [0.3, 0.4) is 0 Å². The van der Waals surface area contributed by atoms with Gasteiger partial charge in [-0.1, -0.05) is 29.8 Å². The fraction of sp³-hybridized carbons (Fsp3) is 0.333. The molecule has 4 aromatic rings. The summed E-state index contributed by atoms with van der Waals surface area (Å²) in [4.78, 5) is 29.6. The van der Waals surface area contributed by atoms with E-state index >= 15 is 0 Å². The molecule has 1 saturated heterocycles. The highest BCUT2D eigenvalue weighted by Crippen LogP contribution is 2.38. The number of aliphatic hydroxyl groups excluding tert-OH is 2. The number of β-amino-alcohol motifs (C(OH)–C–C–N with tert-alkyl or cyclic N) is 1. The number of rotatable bonds is 11. The molecule has 0 bridgehead atoms. The number of benzene rings is 1. The molecule has 1 atom stereocenters. The molecule has 10 nitrogen and oxygen atoms in total. The second kappa shape index (κ2) is 13.7. The van der Waals surface area contributed by atoms with Crippen LogP contribution in [0.4, 0.5) is 5.69 Å². The minimum absolute atomic E-state index is 0.0474. The number of amides is 1. The zero-order valence-corrected chi connectivity index (χ0v) is 25.0. The van der Waals surface area contributed by atoms with Crippen molar-refractivity contribution in [2.45, 2.75) is 32.5 Å². The molecule has 1 aliphatic heterocycles. The maximum Gasteiger partial charge on any atom is 0.284 e.